The minimum Gasteiger partial charge on any atom is -0.756 e. The summed E-state index contributed by atoms with van der Waals surface area (Å²) in [4.78, 5) is 30.7. The average molecular weight is 464 g/mol. The zero-order valence-electron chi connectivity index (χ0n) is 8.22. The second kappa shape index (κ2) is 11.2. The summed E-state index contributed by atoms with van der Waals surface area (Å²) in [6.45, 7) is 0. The Morgan fingerprint density at radius 1 is 0.647 bits per heavy atom. The molecule has 1 aliphatic heterocycles. The molecule has 0 aromatic carbocycles. The largest absolute Gasteiger partial charge is 2.00 e. The van der Waals surface area contributed by atoms with Crippen LogP contribution in [0, 0.1) is 0 Å². The Bertz CT molecular complexity index is 266. The first-order chi connectivity index (χ1) is 5.12. The minimum atomic E-state index is -5.36. The van der Waals surface area contributed by atoms with Crippen LogP contribution in [0.5, 0.6) is 0 Å². The molecule has 0 saturated carbocycles. The van der Waals surface area contributed by atoms with Gasteiger partial charge in [-0.1, -0.05) is 0 Å². The monoisotopic (exact) mass is 464 g/mol. The van der Waals surface area contributed by atoms with Crippen molar-refractivity contribution in [2.75, 3.05) is 0 Å². The zero-order chi connectivity index (χ0) is 9.62. The van der Waals surface area contributed by atoms with Crippen molar-refractivity contribution in [3.05, 3.63) is 0 Å². The van der Waals surface area contributed by atoms with E-state index in [1.165, 1.54) is 0 Å². The van der Waals surface area contributed by atoms with Crippen LogP contribution < -0.4 is 72.9 Å². The van der Waals surface area contributed by atoms with Gasteiger partial charge in [0.25, 0.3) is 23.5 Å². The Morgan fingerprint density at radius 3 is 0.882 bits per heavy atom. The van der Waals surface area contributed by atoms with E-state index in [0.29, 0.717) is 0 Å². The SMILES string of the molecule is O.O.O.O=P1([O-])OP(=O)([O-])OP(=O)([O-])O1.[Rb+].[Sr+2]. The molecular weight excluding hydrogens is 458 g/mol. The first kappa shape index (κ1) is 32.5. The minimum absolute atomic E-state index is 0. The summed E-state index contributed by atoms with van der Waals surface area (Å²) >= 11 is 0. The molecule has 0 aromatic rings. The third-order valence-corrected chi connectivity index (χ3v) is 5.40. The molecule has 1 fully saturated rings. The van der Waals surface area contributed by atoms with E-state index in [9.17, 15) is 28.4 Å². The molecule has 1 heterocycles. The van der Waals surface area contributed by atoms with E-state index in [1.807, 2.05) is 0 Å². The Kier molecular flexibility index (Phi) is 21.5. The molecule has 0 bridgehead atoms. The smallest absolute Gasteiger partial charge is 0.756 e. The van der Waals surface area contributed by atoms with Crippen molar-refractivity contribution in [1.82, 2.24) is 0 Å². The maximum Gasteiger partial charge on any atom is 2.00 e. The van der Waals surface area contributed by atoms with Gasteiger partial charge in [0.15, 0.2) is 0 Å². The van der Waals surface area contributed by atoms with Crippen molar-refractivity contribution >= 4 is 68.9 Å². The Hall–Kier alpha value is 3.62. The fourth-order valence-electron chi connectivity index (χ4n) is 0.412. The normalized spacial score (nSPS) is 39.0. The van der Waals surface area contributed by atoms with E-state index < -0.39 is 23.5 Å². The molecule has 1 rings (SSSR count). The quantitative estimate of drug-likeness (QED) is 0.244. The first-order valence-electron chi connectivity index (χ1n) is 2.19. The summed E-state index contributed by atoms with van der Waals surface area (Å²) < 4.78 is 40.3. The van der Waals surface area contributed by atoms with Gasteiger partial charge in [-0.25, -0.2) is 12.9 Å². The number of hydrogen-bond acceptors (Lipinski definition) is 9. The molecule has 0 radical (unpaired) electrons. The predicted octanol–water partition coefficient (Wildman–Crippen LogP) is -7.40. The first-order valence-corrected chi connectivity index (χ1v) is 6.57. The van der Waals surface area contributed by atoms with Gasteiger partial charge in [-0.2, -0.15) is 0 Å². The predicted molar refractivity (Wildman–Crippen MR) is 42.7 cm³/mol. The van der Waals surface area contributed by atoms with Gasteiger partial charge in [-0.3, -0.25) is 13.7 Å². The summed E-state index contributed by atoms with van der Waals surface area (Å²) in [6.07, 6.45) is 0. The summed E-state index contributed by atoms with van der Waals surface area (Å²) in [5.74, 6) is 0. The van der Waals surface area contributed by atoms with Crippen molar-refractivity contribution < 1.29 is 116 Å². The van der Waals surface area contributed by atoms with Crippen molar-refractivity contribution in [1.29, 1.82) is 0 Å². The maximum atomic E-state index is 10.2. The summed E-state index contributed by atoms with van der Waals surface area (Å²) in [5.41, 5.74) is 0. The standard InChI is InChI=1S/H3O9P3.3H2O.Rb.Sr/c1-10(2)7-11(3,4)9-12(5,6)8-10;;;;;/h(H,1,2)(H,3,4)(H,5,6);3*1H2;;/q;;;;+1;+2/p-3. The second-order valence-corrected chi connectivity index (χ2v) is 6.23. The van der Waals surface area contributed by atoms with Crippen LogP contribution in [-0.2, 0) is 26.6 Å². The molecule has 96 valence electrons. The van der Waals surface area contributed by atoms with Crippen LogP contribution in [0.2, 0.25) is 0 Å². The molecule has 0 spiro atoms. The van der Waals surface area contributed by atoms with Gasteiger partial charge >= 0.3 is 104 Å². The zero-order valence-corrected chi connectivity index (χ0v) is 19.3. The van der Waals surface area contributed by atoms with Crippen LogP contribution in [0.25, 0.3) is 0 Å². The molecular formula is H6O12P3RbSr. The molecule has 1 saturated heterocycles. The molecule has 12 nitrogen and oxygen atoms in total. The summed E-state index contributed by atoms with van der Waals surface area (Å²) in [5, 5.41) is 0. The van der Waals surface area contributed by atoms with Crippen LogP contribution >= 0.6 is 23.5 Å². The van der Waals surface area contributed by atoms with E-state index in [1.54, 1.807) is 0 Å². The molecule has 0 unspecified atom stereocenters. The Balaban J connectivity index is -0.0000000960. The fourth-order valence-corrected chi connectivity index (χ4v) is 4.51. The van der Waals surface area contributed by atoms with Gasteiger partial charge in [0.2, 0.25) is 0 Å². The van der Waals surface area contributed by atoms with E-state index in [0.717, 1.165) is 0 Å². The number of phosphoric acid groups is 3. The second-order valence-electron chi connectivity index (χ2n) is 1.59. The van der Waals surface area contributed by atoms with E-state index in [2.05, 4.69) is 12.9 Å². The molecule has 17 heteroatoms. The fraction of sp³-hybridized carbons (Fsp3) is 0. The molecule has 0 amide bonds. The van der Waals surface area contributed by atoms with Crippen molar-refractivity contribution in [3.63, 3.8) is 0 Å². The summed E-state index contributed by atoms with van der Waals surface area (Å²) in [7, 11) is -16.1. The van der Waals surface area contributed by atoms with Gasteiger partial charge in [-0.05, 0) is 0 Å². The average Bonchev–Trinajstić information content (AvgIpc) is 1.44. The van der Waals surface area contributed by atoms with Gasteiger partial charge < -0.3 is 31.1 Å². The molecule has 17 heavy (non-hydrogen) atoms. The van der Waals surface area contributed by atoms with Gasteiger partial charge in [0, 0.05) is 0 Å². The van der Waals surface area contributed by atoms with Crippen LogP contribution in [0.3, 0.4) is 0 Å². The van der Waals surface area contributed by atoms with E-state index in [-0.39, 0.29) is 120 Å². The number of rotatable bonds is 0. The molecule has 0 atom stereocenters. The maximum absolute atomic E-state index is 10.2. The third-order valence-electron chi connectivity index (χ3n) is 0.600. The van der Waals surface area contributed by atoms with Gasteiger partial charge in [0.1, 0.15) is 0 Å². The Labute approximate surface area is 181 Å². The summed E-state index contributed by atoms with van der Waals surface area (Å²) in [6, 6.07) is 0. The molecule has 0 aromatic heterocycles. The van der Waals surface area contributed by atoms with Crippen LogP contribution in [0.4, 0.5) is 0 Å². The van der Waals surface area contributed by atoms with Crippen molar-refractivity contribution in [2.45, 2.75) is 0 Å². The van der Waals surface area contributed by atoms with E-state index in [4.69, 9.17) is 0 Å². The Morgan fingerprint density at radius 2 is 0.765 bits per heavy atom. The van der Waals surface area contributed by atoms with Crippen LogP contribution in [0.1, 0.15) is 0 Å². The van der Waals surface area contributed by atoms with Crippen LogP contribution in [0.15, 0.2) is 0 Å². The van der Waals surface area contributed by atoms with Crippen molar-refractivity contribution in [2.24, 2.45) is 0 Å². The molecule has 1 aliphatic rings. The molecule has 0 aliphatic carbocycles. The van der Waals surface area contributed by atoms with Crippen LogP contribution in [-0.4, -0.2) is 61.9 Å². The topological polar surface area (TPSA) is 243 Å². The van der Waals surface area contributed by atoms with Crippen molar-refractivity contribution in [3.8, 4) is 0 Å². The van der Waals surface area contributed by atoms with Gasteiger partial charge in [0.05, 0.1) is 0 Å². The number of hydrogen-bond donors (Lipinski definition) is 0. The van der Waals surface area contributed by atoms with Gasteiger partial charge in [-0.15, -0.1) is 0 Å². The third kappa shape index (κ3) is 13.0. The molecule has 6 N–H and O–H groups in total. The van der Waals surface area contributed by atoms with E-state index >= 15 is 0 Å².